The lowest BCUT2D eigenvalue weighted by molar-refractivity contribution is -0.699. The maximum Gasteiger partial charge on any atom is 0.213 e. The summed E-state index contributed by atoms with van der Waals surface area (Å²) in [5, 5.41) is 0. The molecule has 1 aromatic heterocycles. The Labute approximate surface area is 203 Å². The van der Waals surface area contributed by atoms with Gasteiger partial charge in [0.05, 0.1) is 0 Å². The summed E-state index contributed by atoms with van der Waals surface area (Å²) in [4.78, 5) is 0. The van der Waals surface area contributed by atoms with Crippen molar-refractivity contribution in [2.24, 2.45) is 0 Å². The van der Waals surface area contributed by atoms with E-state index in [1.807, 2.05) is 0 Å². The Balaban J connectivity index is 1.68. The minimum atomic E-state index is 0.329. The third-order valence-corrected chi connectivity index (χ3v) is 6.48. The number of aryl methyl sites for hydroxylation is 1. The number of rotatable bonds is 7. The van der Waals surface area contributed by atoms with E-state index < -0.39 is 0 Å². The zero-order valence-corrected chi connectivity index (χ0v) is 19.6. The van der Waals surface area contributed by atoms with Crippen LogP contribution in [-0.4, -0.2) is 0 Å². The zero-order chi connectivity index (χ0) is 23.2. The highest BCUT2D eigenvalue weighted by atomic mass is 15.0. The SMILES string of the molecule is C[C@H](CCc1ccccc1)[n+]1c(-c2ccccc2)cc(-c2ccccc2)cc1-c1ccccc1. The lowest BCUT2D eigenvalue weighted by Gasteiger charge is -2.17. The van der Waals surface area contributed by atoms with E-state index in [4.69, 9.17) is 0 Å². The molecule has 0 saturated carbocycles. The average Bonchev–Trinajstić information content (AvgIpc) is 2.93. The van der Waals surface area contributed by atoms with Crippen LogP contribution in [0.3, 0.4) is 0 Å². The minimum Gasteiger partial charge on any atom is -0.189 e. The molecule has 0 aliphatic heterocycles. The number of pyridine rings is 1. The second-order valence-corrected chi connectivity index (χ2v) is 8.86. The van der Waals surface area contributed by atoms with Crippen molar-refractivity contribution in [3.8, 4) is 33.6 Å². The molecule has 0 radical (unpaired) electrons. The Morgan fingerprint density at radius 2 is 0.912 bits per heavy atom. The van der Waals surface area contributed by atoms with Gasteiger partial charge in [-0.2, -0.15) is 4.57 Å². The normalized spacial score (nSPS) is 11.8. The molecule has 34 heavy (non-hydrogen) atoms. The smallest absolute Gasteiger partial charge is 0.189 e. The van der Waals surface area contributed by atoms with Crippen molar-refractivity contribution < 1.29 is 4.57 Å². The standard InChI is InChI=1S/C33H30N/c1-26(22-23-27-14-6-2-7-15-27)34-32(29-18-10-4-11-19-29)24-31(28-16-8-3-9-17-28)25-33(34)30-20-12-5-13-21-30/h2-21,24-26H,22-23H2,1H3/q+1/t26-/m1/s1. The van der Waals surface area contributed by atoms with Crippen LogP contribution in [0.2, 0.25) is 0 Å². The van der Waals surface area contributed by atoms with E-state index in [0.717, 1.165) is 12.8 Å². The molecule has 0 amide bonds. The summed E-state index contributed by atoms with van der Waals surface area (Å²) in [6.07, 6.45) is 2.12. The van der Waals surface area contributed by atoms with E-state index in [1.165, 1.54) is 39.2 Å². The molecule has 0 unspecified atom stereocenters. The third kappa shape index (κ3) is 4.84. The first kappa shape index (κ1) is 21.9. The highest BCUT2D eigenvalue weighted by molar-refractivity contribution is 5.73. The van der Waals surface area contributed by atoms with Gasteiger partial charge in [-0.3, -0.25) is 0 Å². The summed E-state index contributed by atoms with van der Waals surface area (Å²) in [5.41, 5.74) is 8.85. The van der Waals surface area contributed by atoms with Gasteiger partial charge in [0.1, 0.15) is 0 Å². The van der Waals surface area contributed by atoms with E-state index in [9.17, 15) is 0 Å². The Morgan fingerprint density at radius 1 is 0.500 bits per heavy atom. The maximum absolute atomic E-state index is 2.54. The Hall–Kier alpha value is -3.97. The summed E-state index contributed by atoms with van der Waals surface area (Å²) in [6, 6.07) is 48.1. The number of nitrogens with zero attached hydrogens (tertiary/aromatic N) is 1. The number of aromatic nitrogens is 1. The minimum absolute atomic E-state index is 0.329. The lowest BCUT2D eigenvalue weighted by atomic mass is 9.97. The fourth-order valence-corrected chi connectivity index (χ4v) is 4.69. The summed E-state index contributed by atoms with van der Waals surface area (Å²) >= 11 is 0. The molecule has 166 valence electrons. The summed E-state index contributed by atoms with van der Waals surface area (Å²) in [7, 11) is 0. The molecular formula is C33H30N+. The third-order valence-electron chi connectivity index (χ3n) is 6.48. The van der Waals surface area contributed by atoms with Gasteiger partial charge in [-0.25, -0.2) is 0 Å². The average molecular weight is 441 g/mol. The van der Waals surface area contributed by atoms with Crippen molar-refractivity contribution in [2.45, 2.75) is 25.8 Å². The highest BCUT2D eigenvalue weighted by Gasteiger charge is 2.27. The zero-order valence-electron chi connectivity index (χ0n) is 19.6. The molecule has 0 bridgehead atoms. The summed E-state index contributed by atoms with van der Waals surface area (Å²) in [6.45, 7) is 2.35. The Kier molecular flexibility index (Phi) is 6.63. The molecular weight excluding hydrogens is 410 g/mol. The van der Waals surface area contributed by atoms with Crippen LogP contribution in [0.15, 0.2) is 133 Å². The van der Waals surface area contributed by atoms with Gasteiger partial charge in [0.2, 0.25) is 11.4 Å². The number of hydrogen-bond donors (Lipinski definition) is 0. The fourth-order valence-electron chi connectivity index (χ4n) is 4.69. The second kappa shape index (κ2) is 10.3. The van der Waals surface area contributed by atoms with E-state index in [-0.39, 0.29) is 0 Å². The first-order chi connectivity index (χ1) is 16.8. The molecule has 0 spiro atoms. The van der Waals surface area contributed by atoms with Crippen LogP contribution >= 0.6 is 0 Å². The van der Waals surface area contributed by atoms with Gasteiger partial charge in [0, 0.05) is 29.7 Å². The molecule has 1 heterocycles. The van der Waals surface area contributed by atoms with Crippen molar-refractivity contribution in [1.82, 2.24) is 0 Å². The van der Waals surface area contributed by atoms with Gasteiger partial charge in [-0.05, 0) is 54.3 Å². The number of hydrogen-bond acceptors (Lipinski definition) is 0. The van der Waals surface area contributed by atoms with Gasteiger partial charge in [-0.1, -0.05) is 97.1 Å². The van der Waals surface area contributed by atoms with Crippen LogP contribution in [0, 0.1) is 0 Å². The summed E-state index contributed by atoms with van der Waals surface area (Å²) in [5.74, 6) is 0. The lowest BCUT2D eigenvalue weighted by Crippen LogP contribution is -2.42. The highest BCUT2D eigenvalue weighted by Crippen LogP contribution is 2.31. The molecule has 4 aromatic carbocycles. The Bertz CT molecular complexity index is 1270. The van der Waals surface area contributed by atoms with Crippen molar-refractivity contribution in [3.63, 3.8) is 0 Å². The van der Waals surface area contributed by atoms with Crippen LogP contribution in [0.25, 0.3) is 33.6 Å². The van der Waals surface area contributed by atoms with Gasteiger partial charge in [-0.15, -0.1) is 0 Å². The van der Waals surface area contributed by atoms with E-state index in [2.05, 4.69) is 145 Å². The van der Waals surface area contributed by atoms with Crippen molar-refractivity contribution in [3.05, 3.63) is 139 Å². The van der Waals surface area contributed by atoms with E-state index >= 15 is 0 Å². The molecule has 5 aromatic rings. The molecule has 5 rings (SSSR count). The van der Waals surface area contributed by atoms with Crippen molar-refractivity contribution >= 4 is 0 Å². The molecule has 0 N–H and O–H groups in total. The van der Waals surface area contributed by atoms with Gasteiger partial charge >= 0.3 is 0 Å². The fraction of sp³-hybridized carbons (Fsp3) is 0.121. The van der Waals surface area contributed by atoms with Crippen LogP contribution in [0.5, 0.6) is 0 Å². The summed E-state index contributed by atoms with van der Waals surface area (Å²) < 4.78 is 2.54. The first-order valence-electron chi connectivity index (χ1n) is 12.1. The monoisotopic (exact) mass is 440 g/mol. The first-order valence-corrected chi connectivity index (χ1v) is 12.1. The van der Waals surface area contributed by atoms with Crippen LogP contribution in [-0.2, 0) is 6.42 Å². The molecule has 1 nitrogen and oxygen atoms in total. The quantitative estimate of drug-likeness (QED) is 0.225. The Morgan fingerprint density at radius 3 is 1.38 bits per heavy atom. The van der Waals surface area contributed by atoms with Gasteiger partial charge in [0.25, 0.3) is 0 Å². The van der Waals surface area contributed by atoms with Crippen molar-refractivity contribution in [1.29, 1.82) is 0 Å². The topological polar surface area (TPSA) is 3.88 Å². The predicted molar refractivity (Wildman–Crippen MR) is 142 cm³/mol. The van der Waals surface area contributed by atoms with Gasteiger partial charge < -0.3 is 0 Å². The molecule has 1 atom stereocenters. The largest absolute Gasteiger partial charge is 0.213 e. The van der Waals surface area contributed by atoms with Crippen LogP contribution in [0.1, 0.15) is 24.9 Å². The number of benzene rings is 4. The van der Waals surface area contributed by atoms with Crippen molar-refractivity contribution in [2.75, 3.05) is 0 Å². The maximum atomic E-state index is 2.54. The predicted octanol–water partition coefficient (Wildman–Crippen LogP) is 8.17. The van der Waals surface area contributed by atoms with Gasteiger partial charge in [0.15, 0.2) is 6.04 Å². The van der Waals surface area contributed by atoms with Crippen LogP contribution in [0.4, 0.5) is 0 Å². The molecule has 0 aliphatic carbocycles. The van der Waals surface area contributed by atoms with E-state index in [0.29, 0.717) is 6.04 Å². The van der Waals surface area contributed by atoms with E-state index in [1.54, 1.807) is 0 Å². The molecule has 0 fully saturated rings. The second-order valence-electron chi connectivity index (χ2n) is 8.86. The molecule has 1 heteroatoms. The molecule has 0 saturated heterocycles. The molecule has 0 aliphatic rings. The van der Waals surface area contributed by atoms with Crippen LogP contribution < -0.4 is 4.57 Å².